The van der Waals surface area contributed by atoms with Gasteiger partial charge < -0.3 is 14.9 Å². The highest BCUT2D eigenvalue weighted by atomic mass is 35.5. The first kappa shape index (κ1) is 25.8. The molecule has 0 aliphatic carbocycles. The zero-order valence-electron chi connectivity index (χ0n) is 22.4. The topological polar surface area (TPSA) is 90.3 Å². The van der Waals surface area contributed by atoms with Crippen LogP contribution in [0.25, 0.3) is 22.0 Å². The molecule has 2 aliphatic rings. The van der Waals surface area contributed by atoms with E-state index < -0.39 is 5.60 Å². The molecule has 0 spiro atoms. The number of aromatic amines is 1. The number of hydrogen-bond acceptors (Lipinski definition) is 5. The molecule has 2 aromatic heterocycles. The minimum atomic E-state index is -0.721. The molecular formula is C28H37ClN6O2. The summed E-state index contributed by atoms with van der Waals surface area (Å²) >= 11 is 7.04. The first-order chi connectivity index (χ1) is 17.4. The van der Waals surface area contributed by atoms with Gasteiger partial charge in [0.15, 0.2) is 5.82 Å². The molecule has 3 aromatic rings. The fourth-order valence-corrected chi connectivity index (χ4v) is 6.66. The van der Waals surface area contributed by atoms with E-state index in [0.29, 0.717) is 37.5 Å². The van der Waals surface area contributed by atoms with Crippen LogP contribution in [0.5, 0.6) is 0 Å². The second kappa shape index (κ2) is 9.17. The van der Waals surface area contributed by atoms with Crippen molar-refractivity contribution in [1.29, 1.82) is 0 Å². The lowest BCUT2D eigenvalue weighted by Crippen LogP contribution is -2.56. The summed E-state index contributed by atoms with van der Waals surface area (Å²) in [6.45, 7) is 16.1. The zero-order valence-corrected chi connectivity index (χ0v) is 23.2. The van der Waals surface area contributed by atoms with Gasteiger partial charge >= 0.3 is 0 Å². The van der Waals surface area contributed by atoms with Crippen LogP contribution in [0.2, 0.25) is 5.02 Å². The number of nitrogens with zero attached hydrogens (tertiary/aromatic N) is 5. The van der Waals surface area contributed by atoms with E-state index in [1.165, 1.54) is 6.08 Å². The fourth-order valence-electron chi connectivity index (χ4n) is 6.41. The number of hydrogen-bond donors (Lipinski definition) is 2. The van der Waals surface area contributed by atoms with Gasteiger partial charge in [-0.25, -0.2) is 0 Å². The van der Waals surface area contributed by atoms with Crippen LogP contribution in [0.1, 0.15) is 63.8 Å². The second-order valence-electron chi connectivity index (χ2n) is 11.6. The Labute approximate surface area is 223 Å². The number of carbonyl (C=O) groups excluding carboxylic acids is 1. The number of carbonyl (C=O) groups is 1. The molecule has 1 unspecified atom stereocenters. The number of anilines is 1. The molecule has 9 heteroatoms. The molecule has 198 valence electrons. The summed E-state index contributed by atoms with van der Waals surface area (Å²) < 4.78 is 2.15. The van der Waals surface area contributed by atoms with E-state index in [-0.39, 0.29) is 17.5 Å². The smallest absolute Gasteiger partial charge is 0.245 e. The largest absolute Gasteiger partial charge is 0.390 e. The maximum absolute atomic E-state index is 12.2. The number of likely N-dealkylation sites (tertiary alicyclic amines) is 1. The molecule has 0 saturated carbocycles. The Bertz CT molecular complexity index is 1360. The normalized spacial score (nSPS) is 22.6. The van der Waals surface area contributed by atoms with Crippen molar-refractivity contribution in [3.05, 3.63) is 41.2 Å². The molecular weight excluding hydrogens is 488 g/mol. The third kappa shape index (κ3) is 4.44. The molecule has 0 radical (unpaired) electrons. The Morgan fingerprint density at radius 3 is 2.57 bits per heavy atom. The number of aryl methyl sites for hydroxylation is 1. The quantitative estimate of drug-likeness (QED) is 0.459. The summed E-state index contributed by atoms with van der Waals surface area (Å²) in [4.78, 5) is 16.3. The predicted molar refractivity (Wildman–Crippen MR) is 148 cm³/mol. The van der Waals surface area contributed by atoms with Crippen LogP contribution < -0.4 is 4.90 Å². The number of aromatic nitrogens is 4. The van der Waals surface area contributed by atoms with Gasteiger partial charge in [-0.15, -0.1) is 0 Å². The van der Waals surface area contributed by atoms with Gasteiger partial charge in [0.2, 0.25) is 5.91 Å². The fraction of sp³-hybridized carbons (Fsp3) is 0.536. The Morgan fingerprint density at radius 1 is 1.22 bits per heavy atom. The summed E-state index contributed by atoms with van der Waals surface area (Å²) in [5.41, 5.74) is 3.88. The van der Waals surface area contributed by atoms with Crippen LogP contribution in [0, 0.1) is 13.8 Å². The molecule has 1 atom stereocenters. The van der Waals surface area contributed by atoms with Gasteiger partial charge in [0.05, 0.1) is 28.4 Å². The van der Waals surface area contributed by atoms with Crippen molar-refractivity contribution in [2.75, 3.05) is 24.5 Å². The molecule has 2 N–H and O–H groups in total. The molecule has 1 aromatic carbocycles. The van der Waals surface area contributed by atoms with E-state index in [2.05, 4.69) is 47.1 Å². The molecule has 2 fully saturated rings. The highest BCUT2D eigenvalue weighted by molar-refractivity contribution is 6.36. The van der Waals surface area contributed by atoms with Gasteiger partial charge in [-0.05, 0) is 78.0 Å². The van der Waals surface area contributed by atoms with Crippen molar-refractivity contribution in [2.45, 2.75) is 77.5 Å². The lowest BCUT2D eigenvalue weighted by Gasteiger charge is -2.48. The Kier molecular flexibility index (Phi) is 6.39. The maximum Gasteiger partial charge on any atom is 0.245 e. The van der Waals surface area contributed by atoms with Crippen molar-refractivity contribution < 1.29 is 9.90 Å². The summed E-state index contributed by atoms with van der Waals surface area (Å²) in [5.74, 6) is 0.866. The average Bonchev–Trinajstić information content (AvgIpc) is 3.43. The predicted octanol–water partition coefficient (Wildman–Crippen LogP) is 5.18. The lowest BCUT2D eigenvalue weighted by atomic mass is 9.80. The lowest BCUT2D eigenvalue weighted by molar-refractivity contribution is -0.127. The summed E-state index contributed by atoms with van der Waals surface area (Å²) in [7, 11) is 0. The molecule has 4 heterocycles. The van der Waals surface area contributed by atoms with Crippen LogP contribution in [-0.2, 0) is 4.79 Å². The molecule has 8 nitrogen and oxygen atoms in total. The molecule has 2 saturated heterocycles. The number of aliphatic hydroxyl groups is 1. The van der Waals surface area contributed by atoms with Crippen LogP contribution in [-0.4, -0.2) is 66.7 Å². The number of H-pyrrole nitrogens is 1. The third-order valence-electron chi connectivity index (χ3n) is 8.22. The van der Waals surface area contributed by atoms with Gasteiger partial charge in [-0.1, -0.05) is 18.2 Å². The first-order valence-electron chi connectivity index (χ1n) is 13.1. The maximum atomic E-state index is 12.2. The van der Waals surface area contributed by atoms with Crippen molar-refractivity contribution in [2.24, 2.45) is 0 Å². The monoisotopic (exact) mass is 524 g/mol. The standard InChI is InChI=1S/C28H37ClN6O2/c1-7-22(36)33-11-8-19(9-12-33)35-18(3)23(24-20-15-30-31-21(20)14-17(2)25(24)29)26(32-35)34-13-10-28(6,37)16-27(34,4)5/h7,14-15,19,37H,1,8-13,16H2,2-6H3,(H,30,31). The minimum absolute atomic E-state index is 0.0203. The number of fused-ring (bicyclic) bond motifs is 1. The molecule has 5 rings (SSSR count). The number of benzene rings is 1. The molecule has 2 aliphatic heterocycles. The molecule has 0 bridgehead atoms. The van der Waals surface area contributed by atoms with Crippen LogP contribution in [0.3, 0.4) is 0 Å². The second-order valence-corrected chi connectivity index (χ2v) is 12.0. The minimum Gasteiger partial charge on any atom is -0.390 e. The average molecular weight is 525 g/mol. The molecule has 1 amide bonds. The summed E-state index contributed by atoms with van der Waals surface area (Å²) in [6.07, 6.45) is 6.16. The van der Waals surface area contributed by atoms with Gasteiger partial charge in [0.1, 0.15) is 0 Å². The van der Waals surface area contributed by atoms with Crippen LogP contribution in [0.4, 0.5) is 5.82 Å². The van der Waals surface area contributed by atoms with Gasteiger partial charge in [-0.3, -0.25) is 14.6 Å². The molecule has 37 heavy (non-hydrogen) atoms. The SMILES string of the molecule is C=CC(=O)N1CCC(n2nc(N3CCC(C)(O)CC3(C)C)c(-c3c(Cl)c(C)cc4[nH]ncc34)c2C)CC1. The third-order valence-corrected chi connectivity index (χ3v) is 8.70. The Balaban J connectivity index is 1.67. The Morgan fingerprint density at radius 2 is 1.92 bits per heavy atom. The van der Waals surface area contributed by atoms with E-state index in [1.807, 2.05) is 31.0 Å². The van der Waals surface area contributed by atoms with Gasteiger partial charge in [-0.2, -0.15) is 10.2 Å². The highest BCUT2D eigenvalue weighted by Crippen LogP contribution is 2.47. The van der Waals surface area contributed by atoms with E-state index >= 15 is 0 Å². The number of amides is 1. The van der Waals surface area contributed by atoms with Gasteiger partial charge in [0, 0.05) is 47.4 Å². The van der Waals surface area contributed by atoms with Gasteiger partial charge in [0.25, 0.3) is 0 Å². The van der Waals surface area contributed by atoms with E-state index in [1.54, 1.807) is 0 Å². The van der Waals surface area contributed by atoms with Crippen molar-refractivity contribution in [1.82, 2.24) is 24.9 Å². The van der Waals surface area contributed by atoms with Crippen LogP contribution >= 0.6 is 11.6 Å². The first-order valence-corrected chi connectivity index (χ1v) is 13.4. The van der Waals surface area contributed by atoms with Crippen molar-refractivity contribution in [3.8, 4) is 11.1 Å². The Hall–Kier alpha value is -2.84. The zero-order chi connectivity index (χ0) is 26.7. The summed E-state index contributed by atoms with van der Waals surface area (Å²) in [5, 5.41) is 25.2. The number of nitrogens with one attached hydrogen (secondary N) is 1. The summed E-state index contributed by atoms with van der Waals surface area (Å²) in [6, 6.07) is 2.20. The van der Waals surface area contributed by atoms with E-state index in [9.17, 15) is 9.90 Å². The van der Waals surface area contributed by atoms with E-state index in [0.717, 1.165) is 51.9 Å². The van der Waals surface area contributed by atoms with E-state index in [4.69, 9.17) is 16.7 Å². The van der Waals surface area contributed by atoms with Crippen LogP contribution in [0.15, 0.2) is 24.9 Å². The van der Waals surface area contributed by atoms with Crippen molar-refractivity contribution >= 4 is 34.2 Å². The number of halogens is 1. The highest BCUT2D eigenvalue weighted by Gasteiger charge is 2.43. The number of rotatable bonds is 4. The van der Waals surface area contributed by atoms with Crippen molar-refractivity contribution in [3.63, 3.8) is 0 Å². The number of piperidine rings is 2.